The Morgan fingerprint density at radius 2 is 1.42 bits per heavy atom. The number of nitrogens with one attached hydrogen (secondary N) is 2. The standard InChI is InChI=1S/C31H48N4O8/c1-29(2,3)41-24(36)20-35-17-15-21-19-22(13-14-23(21)25(35)37)40-18-12-10-11-16-32-26(33-27(38)42-30(4,5)6)34-28(39)43-31(7,8)9/h13-14,19H,10-12,15-18,20H2,1-9H3,(H2,32,33,34,38,39). The van der Waals surface area contributed by atoms with Crippen LogP contribution in [0.3, 0.4) is 0 Å². The number of nitrogens with zero attached hydrogens (tertiary/aromatic N) is 2. The molecule has 0 bridgehead atoms. The van der Waals surface area contributed by atoms with Gasteiger partial charge in [0.2, 0.25) is 5.96 Å². The van der Waals surface area contributed by atoms with Crippen LogP contribution in [-0.4, -0.2) is 78.0 Å². The molecule has 240 valence electrons. The Morgan fingerprint density at radius 1 is 0.837 bits per heavy atom. The predicted molar refractivity (Wildman–Crippen MR) is 162 cm³/mol. The Balaban J connectivity index is 1.82. The predicted octanol–water partition coefficient (Wildman–Crippen LogP) is 4.98. The molecule has 1 aromatic rings. The van der Waals surface area contributed by atoms with Gasteiger partial charge in [-0.1, -0.05) is 0 Å². The van der Waals surface area contributed by atoms with Crippen molar-refractivity contribution in [3.05, 3.63) is 29.3 Å². The van der Waals surface area contributed by atoms with Gasteiger partial charge in [-0.05, 0) is 112 Å². The Labute approximate surface area is 254 Å². The molecule has 1 aliphatic rings. The van der Waals surface area contributed by atoms with Crippen molar-refractivity contribution >= 4 is 30.0 Å². The Bertz CT molecular complexity index is 1140. The highest BCUT2D eigenvalue weighted by Gasteiger charge is 2.28. The molecule has 2 N–H and O–H groups in total. The van der Waals surface area contributed by atoms with E-state index in [-0.39, 0.29) is 18.4 Å². The van der Waals surface area contributed by atoms with Gasteiger partial charge in [-0.25, -0.2) is 9.59 Å². The fraction of sp³-hybridized carbons (Fsp3) is 0.645. The molecule has 3 amide bonds. The molecule has 1 aliphatic heterocycles. The highest BCUT2D eigenvalue weighted by atomic mass is 16.6. The van der Waals surface area contributed by atoms with E-state index in [2.05, 4.69) is 15.6 Å². The second-order valence-corrected chi connectivity index (χ2v) is 13.3. The lowest BCUT2D eigenvalue weighted by atomic mass is 9.98. The Hall–Kier alpha value is -3.83. The first-order valence-electron chi connectivity index (χ1n) is 14.6. The summed E-state index contributed by atoms with van der Waals surface area (Å²) in [5.74, 6) is 0.00858. The number of aliphatic imine (C=N–C) groups is 1. The second kappa shape index (κ2) is 15.1. The van der Waals surface area contributed by atoms with Crippen LogP contribution in [-0.2, 0) is 25.4 Å². The van der Waals surface area contributed by atoms with Gasteiger partial charge in [0.1, 0.15) is 29.1 Å². The van der Waals surface area contributed by atoms with Crippen molar-refractivity contribution in [2.45, 2.75) is 105 Å². The quantitative estimate of drug-likeness (QED) is 0.132. The van der Waals surface area contributed by atoms with E-state index in [0.717, 1.165) is 18.4 Å². The van der Waals surface area contributed by atoms with E-state index in [9.17, 15) is 19.2 Å². The largest absolute Gasteiger partial charge is 0.494 e. The van der Waals surface area contributed by atoms with E-state index in [0.29, 0.717) is 43.9 Å². The van der Waals surface area contributed by atoms with Crippen LogP contribution < -0.4 is 15.4 Å². The summed E-state index contributed by atoms with van der Waals surface area (Å²) < 4.78 is 21.7. The first kappa shape index (κ1) is 35.4. The van der Waals surface area contributed by atoms with Crippen molar-refractivity contribution in [1.29, 1.82) is 0 Å². The van der Waals surface area contributed by atoms with Crippen LogP contribution in [0.15, 0.2) is 23.2 Å². The Morgan fingerprint density at radius 3 is 1.98 bits per heavy atom. The number of benzene rings is 1. The normalized spacial score (nSPS) is 13.4. The van der Waals surface area contributed by atoms with Crippen molar-refractivity contribution in [1.82, 2.24) is 15.5 Å². The third-order valence-electron chi connectivity index (χ3n) is 5.57. The van der Waals surface area contributed by atoms with E-state index in [4.69, 9.17) is 18.9 Å². The average Bonchev–Trinajstić information content (AvgIpc) is 2.81. The molecule has 0 spiro atoms. The number of unbranched alkanes of at least 4 members (excludes halogenated alkanes) is 2. The minimum absolute atomic E-state index is 0.0481. The number of hydrogen-bond acceptors (Lipinski definition) is 9. The molecule has 12 heteroatoms. The summed E-state index contributed by atoms with van der Waals surface area (Å²) in [7, 11) is 0. The van der Waals surface area contributed by atoms with E-state index >= 15 is 0 Å². The van der Waals surface area contributed by atoms with Crippen LogP contribution >= 0.6 is 0 Å². The number of fused-ring (bicyclic) bond motifs is 1. The number of carbonyl (C=O) groups excluding carboxylic acids is 4. The molecule has 0 atom stereocenters. The first-order valence-corrected chi connectivity index (χ1v) is 14.6. The van der Waals surface area contributed by atoms with Crippen LogP contribution in [0.1, 0.15) is 97.5 Å². The topological polar surface area (TPSA) is 145 Å². The molecule has 0 saturated carbocycles. The van der Waals surface area contributed by atoms with Crippen molar-refractivity contribution in [2.24, 2.45) is 4.99 Å². The Kier molecular flexibility index (Phi) is 12.4. The lowest BCUT2D eigenvalue weighted by Gasteiger charge is -2.29. The van der Waals surface area contributed by atoms with Crippen molar-refractivity contribution in [3.63, 3.8) is 0 Å². The number of hydrogen-bond donors (Lipinski definition) is 2. The lowest BCUT2D eigenvalue weighted by molar-refractivity contribution is -0.155. The van der Waals surface area contributed by atoms with Gasteiger partial charge in [0.05, 0.1) is 6.61 Å². The zero-order chi connectivity index (χ0) is 32.4. The molecule has 12 nitrogen and oxygen atoms in total. The molecule has 0 aromatic heterocycles. The number of carbonyl (C=O) groups is 4. The van der Waals surface area contributed by atoms with Crippen molar-refractivity contribution in [2.75, 3.05) is 26.2 Å². The minimum atomic E-state index is -0.738. The van der Waals surface area contributed by atoms with Gasteiger partial charge < -0.3 is 23.8 Å². The van der Waals surface area contributed by atoms with Gasteiger partial charge in [-0.3, -0.25) is 25.2 Å². The minimum Gasteiger partial charge on any atom is -0.494 e. The van der Waals surface area contributed by atoms with E-state index < -0.39 is 35.0 Å². The average molecular weight is 605 g/mol. The number of ether oxygens (including phenoxy) is 4. The summed E-state index contributed by atoms with van der Waals surface area (Å²) >= 11 is 0. The van der Waals surface area contributed by atoms with Crippen LogP contribution in [0.25, 0.3) is 0 Å². The van der Waals surface area contributed by atoms with Gasteiger partial charge in [0, 0.05) is 18.7 Å². The van der Waals surface area contributed by atoms with Crippen molar-refractivity contribution in [3.8, 4) is 5.75 Å². The second-order valence-electron chi connectivity index (χ2n) is 13.3. The monoisotopic (exact) mass is 604 g/mol. The highest BCUT2D eigenvalue weighted by Crippen LogP contribution is 2.24. The summed E-state index contributed by atoms with van der Waals surface area (Å²) in [5, 5.41) is 4.93. The molecule has 0 saturated heterocycles. The fourth-order valence-corrected chi connectivity index (χ4v) is 3.97. The van der Waals surface area contributed by atoms with Gasteiger partial charge in [-0.2, -0.15) is 0 Å². The maximum absolute atomic E-state index is 12.9. The summed E-state index contributed by atoms with van der Waals surface area (Å²) in [6, 6.07) is 5.37. The molecule has 0 radical (unpaired) electrons. The molecule has 0 fully saturated rings. The summed E-state index contributed by atoms with van der Waals surface area (Å²) in [6.45, 7) is 17.0. The molecule has 0 unspecified atom stereocenters. The number of alkyl carbamates (subject to hydrolysis) is 2. The van der Waals surface area contributed by atoms with Gasteiger partial charge in [0.15, 0.2) is 0 Å². The number of guanidine groups is 1. The molecule has 2 rings (SSSR count). The van der Waals surface area contributed by atoms with Crippen LogP contribution in [0, 0.1) is 0 Å². The molecular formula is C31H48N4O8. The fourth-order valence-electron chi connectivity index (χ4n) is 3.97. The summed E-state index contributed by atoms with van der Waals surface area (Å²) in [5.41, 5.74) is -0.572. The maximum atomic E-state index is 12.9. The van der Waals surface area contributed by atoms with Crippen LogP contribution in [0.2, 0.25) is 0 Å². The first-order chi connectivity index (χ1) is 19.8. The van der Waals surface area contributed by atoms with Crippen molar-refractivity contribution < 1.29 is 38.1 Å². The molecular weight excluding hydrogens is 556 g/mol. The third kappa shape index (κ3) is 14.3. The molecule has 0 aliphatic carbocycles. The number of esters is 1. The van der Waals surface area contributed by atoms with Gasteiger partial charge in [-0.15, -0.1) is 0 Å². The third-order valence-corrected chi connectivity index (χ3v) is 5.57. The molecule has 43 heavy (non-hydrogen) atoms. The summed E-state index contributed by atoms with van der Waals surface area (Å²) in [6.07, 6.45) is 1.37. The van der Waals surface area contributed by atoms with Gasteiger partial charge >= 0.3 is 18.2 Å². The lowest BCUT2D eigenvalue weighted by Crippen LogP contribution is -2.47. The van der Waals surface area contributed by atoms with Gasteiger partial charge in [0.25, 0.3) is 5.91 Å². The van der Waals surface area contributed by atoms with Crippen LogP contribution in [0.5, 0.6) is 5.75 Å². The molecule has 1 aromatic carbocycles. The highest BCUT2D eigenvalue weighted by molar-refractivity contribution is 6.01. The smallest absolute Gasteiger partial charge is 0.414 e. The van der Waals surface area contributed by atoms with E-state index in [1.807, 2.05) is 6.07 Å². The zero-order valence-corrected chi connectivity index (χ0v) is 27.0. The zero-order valence-electron chi connectivity index (χ0n) is 27.0. The van der Waals surface area contributed by atoms with E-state index in [1.54, 1.807) is 74.4 Å². The van der Waals surface area contributed by atoms with Crippen LogP contribution in [0.4, 0.5) is 9.59 Å². The summed E-state index contributed by atoms with van der Waals surface area (Å²) in [4.78, 5) is 55.3. The number of rotatable bonds is 9. The number of amides is 3. The molecule has 1 heterocycles. The SMILES string of the molecule is CC(C)(C)OC(=O)CN1CCc2cc(OCCCCCN=C(NC(=O)OC(C)(C)C)NC(=O)OC(C)(C)C)ccc2C1=O. The van der Waals surface area contributed by atoms with E-state index in [1.165, 1.54) is 4.90 Å². The maximum Gasteiger partial charge on any atom is 0.414 e.